The van der Waals surface area contributed by atoms with Gasteiger partial charge in [0.1, 0.15) is 18.1 Å². The largest absolute Gasteiger partial charge is 0.573 e. The number of carbonyl (C=O) groups is 1. The van der Waals surface area contributed by atoms with Gasteiger partial charge in [-0.1, -0.05) is 55.8 Å². The second-order valence-electron chi connectivity index (χ2n) is 9.20. The Morgan fingerprint density at radius 1 is 1.00 bits per heavy atom. The number of ether oxygens (including phenoxy) is 3. The molecule has 0 spiro atoms. The van der Waals surface area contributed by atoms with E-state index in [1.165, 1.54) is 42.5 Å². The molecule has 0 heterocycles. The first-order chi connectivity index (χ1) is 17.4. The Bertz CT molecular complexity index is 1290. The Hall–Kier alpha value is -3.52. The van der Waals surface area contributed by atoms with Crippen LogP contribution >= 0.6 is 11.6 Å². The quantitative estimate of drug-likeness (QED) is 0.216. The monoisotopic (exact) mass is 534 g/mol. The van der Waals surface area contributed by atoms with E-state index >= 15 is 0 Å². The Balaban J connectivity index is 1.38. The number of esters is 1. The van der Waals surface area contributed by atoms with Crippen molar-refractivity contribution >= 4 is 22.6 Å². The molecular weight excluding hydrogens is 512 g/mol. The number of hydrogen-bond donors (Lipinski definition) is 0. The second-order valence-corrected chi connectivity index (χ2v) is 9.61. The van der Waals surface area contributed by atoms with Crippen molar-refractivity contribution in [3.8, 4) is 17.2 Å². The SMILES string of the molecule is CC1(C)C(/C=C(\Cl)c2ccc(OC(F)(F)F)cc2)C1C(=O)OCc1ccc(F)c(Oc2ccccc2)c1. The number of alkyl halides is 3. The molecule has 0 amide bonds. The zero-order valence-corrected chi connectivity index (χ0v) is 20.6. The first-order valence-electron chi connectivity index (χ1n) is 11.4. The summed E-state index contributed by atoms with van der Waals surface area (Å²) in [6.07, 6.45) is -3.08. The minimum Gasteiger partial charge on any atom is -0.461 e. The van der Waals surface area contributed by atoms with Crippen molar-refractivity contribution in [2.75, 3.05) is 0 Å². The van der Waals surface area contributed by atoms with Gasteiger partial charge in [-0.3, -0.25) is 4.79 Å². The average molecular weight is 535 g/mol. The molecule has 0 aromatic heterocycles. The number of carbonyl (C=O) groups excluding carboxylic acids is 1. The van der Waals surface area contributed by atoms with Crippen LogP contribution in [0.2, 0.25) is 0 Å². The highest BCUT2D eigenvalue weighted by Gasteiger charge is 2.61. The predicted octanol–water partition coefficient (Wildman–Crippen LogP) is 8.11. The van der Waals surface area contributed by atoms with Gasteiger partial charge in [0.2, 0.25) is 0 Å². The summed E-state index contributed by atoms with van der Waals surface area (Å²) in [5.74, 6) is -1.53. The van der Waals surface area contributed by atoms with Gasteiger partial charge in [-0.25, -0.2) is 4.39 Å². The summed E-state index contributed by atoms with van der Waals surface area (Å²) in [5, 5.41) is 0.299. The van der Waals surface area contributed by atoms with Crippen LogP contribution in [-0.2, 0) is 16.1 Å². The van der Waals surface area contributed by atoms with Gasteiger partial charge in [-0.15, -0.1) is 13.2 Å². The molecule has 3 aromatic carbocycles. The highest BCUT2D eigenvalue weighted by Crippen LogP contribution is 2.60. The van der Waals surface area contributed by atoms with Gasteiger partial charge in [0.25, 0.3) is 0 Å². The van der Waals surface area contributed by atoms with E-state index in [4.69, 9.17) is 21.1 Å². The number of benzene rings is 3. The number of para-hydroxylation sites is 1. The van der Waals surface area contributed by atoms with Crippen molar-refractivity contribution < 1.29 is 36.6 Å². The van der Waals surface area contributed by atoms with Gasteiger partial charge in [0, 0.05) is 5.03 Å². The maximum atomic E-state index is 14.2. The molecule has 0 bridgehead atoms. The number of allylic oxidation sites excluding steroid dienone is 1. The van der Waals surface area contributed by atoms with E-state index in [0.29, 0.717) is 21.9 Å². The average Bonchev–Trinajstić information content (AvgIpc) is 3.38. The maximum absolute atomic E-state index is 14.2. The summed E-state index contributed by atoms with van der Waals surface area (Å²) < 4.78 is 66.2. The van der Waals surface area contributed by atoms with Gasteiger partial charge >= 0.3 is 12.3 Å². The Labute approximate surface area is 216 Å². The minimum atomic E-state index is -4.78. The Kier molecular flexibility index (Phi) is 7.50. The van der Waals surface area contributed by atoms with Crippen LogP contribution in [0.4, 0.5) is 17.6 Å². The van der Waals surface area contributed by atoms with Crippen LogP contribution in [0.25, 0.3) is 5.03 Å². The first kappa shape index (κ1) is 26.5. The molecule has 3 aromatic rings. The fourth-order valence-electron chi connectivity index (χ4n) is 4.08. The van der Waals surface area contributed by atoms with E-state index in [2.05, 4.69) is 4.74 Å². The van der Waals surface area contributed by atoms with Crippen molar-refractivity contribution in [1.29, 1.82) is 0 Å². The second kappa shape index (κ2) is 10.5. The van der Waals surface area contributed by atoms with Gasteiger partial charge in [-0.05, 0) is 71.0 Å². The van der Waals surface area contributed by atoms with Gasteiger partial charge in [0.05, 0.1) is 5.92 Å². The van der Waals surface area contributed by atoms with E-state index < -0.39 is 29.5 Å². The first-order valence-corrected chi connectivity index (χ1v) is 11.7. The van der Waals surface area contributed by atoms with Crippen molar-refractivity contribution in [3.05, 3.63) is 95.8 Å². The van der Waals surface area contributed by atoms with Crippen LogP contribution in [0, 0.1) is 23.1 Å². The topological polar surface area (TPSA) is 44.8 Å². The standard InChI is InChI=1S/C28H23ClF4O4/c1-27(2)21(15-22(29)18-9-11-20(12-10-18)37-28(31,32)33)25(27)26(34)35-16-17-8-13-23(30)24(14-17)36-19-6-4-3-5-7-19/h3-15,21,25H,16H2,1-2H3/b22-15-. The summed E-state index contributed by atoms with van der Waals surface area (Å²) >= 11 is 6.39. The molecule has 0 aliphatic heterocycles. The summed E-state index contributed by atoms with van der Waals surface area (Å²) in [6.45, 7) is 3.73. The molecular formula is C28H23ClF4O4. The van der Waals surface area contributed by atoms with Crippen molar-refractivity contribution in [3.63, 3.8) is 0 Å². The van der Waals surface area contributed by atoms with Crippen molar-refractivity contribution in [1.82, 2.24) is 0 Å². The molecule has 9 heteroatoms. The number of rotatable bonds is 8. The molecule has 0 N–H and O–H groups in total. The minimum absolute atomic E-state index is 0.0192. The van der Waals surface area contributed by atoms with Gasteiger partial charge in [0.15, 0.2) is 11.6 Å². The highest BCUT2D eigenvalue weighted by molar-refractivity contribution is 6.48. The lowest BCUT2D eigenvalue weighted by molar-refractivity contribution is -0.274. The maximum Gasteiger partial charge on any atom is 0.573 e. The van der Waals surface area contributed by atoms with Crippen LogP contribution in [-0.4, -0.2) is 12.3 Å². The smallest absolute Gasteiger partial charge is 0.461 e. The third kappa shape index (κ3) is 6.63. The molecule has 1 aliphatic carbocycles. The van der Waals surface area contributed by atoms with Crippen LogP contribution in [0.1, 0.15) is 25.0 Å². The molecule has 0 saturated heterocycles. The van der Waals surface area contributed by atoms with E-state index in [-0.39, 0.29) is 24.0 Å². The van der Waals surface area contributed by atoms with E-state index in [0.717, 1.165) is 0 Å². The molecule has 194 valence electrons. The fourth-order valence-corrected chi connectivity index (χ4v) is 4.35. The van der Waals surface area contributed by atoms with Crippen LogP contribution in [0.15, 0.2) is 78.9 Å². The molecule has 4 nitrogen and oxygen atoms in total. The lowest BCUT2D eigenvalue weighted by Crippen LogP contribution is -2.16. The highest BCUT2D eigenvalue weighted by atomic mass is 35.5. The van der Waals surface area contributed by atoms with Crippen LogP contribution in [0.5, 0.6) is 17.2 Å². The molecule has 37 heavy (non-hydrogen) atoms. The van der Waals surface area contributed by atoms with E-state index in [1.54, 1.807) is 30.3 Å². The molecule has 1 saturated carbocycles. The lowest BCUT2D eigenvalue weighted by atomic mass is 10.1. The van der Waals surface area contributed by atoms with E-state index in [9.17, 15) is 22.4 Å². The molecule has 2 atom stereocenters. The zero-order chi connectivity index (χ0) is 26.8. The molecule has 1 fully saturated rings. The number of hydrogen-bond acceptors (Lipinski definition) is 4. The van der Waals surface area contributed by atoms with Gasteiger partial charge < -0.3 is 14.2 Å². The van der Waals surface area contributed by atoms with Gasteiger partial charge in [-0.2, -0.15) is 0 Å². The zero-order valence-electron chi connectivity index (χ0n) is 19.9. The summed E-state index contributed by atoms with van der Waals surface area (Å²) in [5.41, 5.74) is 0.620. The summed E-state index contributed by atoms with van der Waals surface area (Å²) in [7, 11) is 0. The van der Waals surface area contributed by atoms with Crippen LogP contribution in [0.3, 0.4) is 0 Å². The third-order valence-corrected chi connectivity index (χ3v) is 6.55. The Morgan fingerprint density at radius 3 is 2.32 bits per heavy atom. The van der Waals surface area contributed by atoms with Crippen LogP contribution < -0.4 is 9.47 Å². The summed E-state index contributed by atoms with van der Waals surface area (Å²) in [6, 6.07) is 18.1. The molecule has 1 aliphatic rings. The third-order valence-electron chi connectivity index (χ3n) is 6.20. The Morgan fingerprint density at radius 2 is 1.68 bits per heavy atom. The van der Waals surface area contributed by atoms with Crippen molar-refractivity contribution in [2.24, 2.45) is 17.3 Å². The van der Waals surface area contributed by atoms with Crippen molar-refractivity contribution in [2.45, 2.75) is 26.8 Å². The van der Waals surface area contributed by atoms with E-state index in [1.807, 2.05) is 19.9 Å². The predicted molar refractivity (Wildman–Crippen MR) is 130 cm³/mol. The molecule has 4 rings (SSSR count). The number of halogens is 5. The fraction of sp³-hybridized carbons (Fsp3) is 0.250. The molecule has 0 radical (unpaired) electrons. The lowest BCUT2D eigenvalue weighted by Gasteiger charge is -2.10. The normalized spacial score (nSPS) is 18.7. The molecule has 2 unspecified atom stereocenters. The summed E-state index contributed by atoms with van der Waals surface area (Å²) in [4.78, 5) is 12.8.